The molecule has 1 unspecified atom stereocenters. The molecule has 1 aromatic heterocycles. The highest BCUT2D eigenvalue weighted by Gasteiger charge is 2.34. The van der Waals surface area contributed by atoms with Gasteiger partial charge in [-0.05, 0) is 35.9 Å². The van der Waals surface area contributed by atoms with Gasteiger partial charge in [0.25, 0.3) is 0 Å². The fourth-order valence-electron chi connectivity index (χ4n) is 3.15. The Labute approximate surface area is 162 Å². The van der Waals surface area contributed by atoms with E-state index in [9.17, 15) is 9.90 Å². The van der Waals surface area contributed by atoms with Crippen LogP contribution in [0.2, 0.25) is 5.02 Å². The third-order valence-corrected chi connectivity index (χ3v) is 4.49. The highest BCUT2D eigenvalue weighted by molar-refractivity contribution is 6.31. The molecule has 0 radical (unpaired) electrons. The zero-order valence-electron chi connectivity index (χ0n) is 15.1. The Morgan fingerprint density at radius 3 is 2.81 bits per heavy atom. The molecule has 27 heavy (non-hydrogen) atoms. The van der Waals surface area contributed by atoms with Gasteiger partial charge in [0.1, 0.15) is 0 Å². The van der Waals surface area contributed by atoms with Crippen LogP contribution in [0.4, 0.5) is 11.4 Å². The maximum atomic E-state index is 11.6. The number of aliphatic carboxylic acids is 1. The van der Waals surface area contributed by atoms with Crippen molar-refractivity contribution in [3.05, 3.63) is 64.8 Å². The molecule has 140 valence electrons. The number of halogens is 1. The molecule has 1 atom stereocenters. The van der Waals surface area contributed by atoms with Crippen molar-refractivity contribution in [2.24, 2.45) is 0 Å². The fraction of sp³-hybridized carbons (Fsp3) is 0.200. The summed E-state index contributed by atoms with van der Waals surface area (Å²) < 4.78 is 0. The molecule has 4 rings (SSSR count). The zero-order chi connectivity index (χ0) is 19.6. The number of rotatable bonds is 3. The van der Waals surface area contributed by atoms with Gasteiger partial charge in [-0.15, -0.1) is 0 Å². The number of hydrogen-bond donors (Lipinski definition) is 3. The summed E-state index contributed by atoms with van der Waals surface area (Å²) in [6.45, 7) is 4.49. The van der Waals surface area contributed by atoms with E-state index in [2.05, 4.69) is 10.4 Å². The van der Waals surface area contributed by atoms with Gasteiger partial charge in [0.05, 0.1) is 22.8 Å². The first-order chi connectivity index (χ1) is 13.0. The summed E-state index contributed by atoms with van der Waals surface area (Å²) in [5.74, 6) is -0.962. The minimum absolute atomic E-state index is 0.467. The number of anilines is 2. The summed E-state index contributed by atoms with van der Waals surface area (Å²) in [5, 5.41) is 12.8. The van der Waals surface area contributed by atoms with Crippen LogP contribution in [0.25, 0.3) is 10.9 Å². The Kier molecular flexibility index (Phi) is 5.48. The summed E-state index contributed by atoms with van der Waals surface area (Å²) in [5.41, 5.74) is 12.7. The van der Waals surface area contributed by atoms with Gasteiger partial charge in [0.15, 0.2) is 6.04 Å². The van der Waals surface area contributed by atoms with Gasteiger partial charge in [-0.25, -0.2) is 5.43 Å². The van der Waals surface area contributed by atoms with Crippen LogP contribution in [0.3, 0.4) is 0 Å². The number of carbonyl (C=O) groups is 1. The predicted octanol–water partition coefficient (Wildman–Crippen LogP) is 4.15. The smallest absolute Gasteiger partial charge is 0.327 e. The van der Waals surface area contributed by atoms with Crippen molar-refractivity contribution in [2.75, 3.05) is 10.7 Å². The van der Waals surface area contributed by atoms with Gasteiger partial charge in [-0.2, -0.15) is 0 Å². The molecule has 2 aromatic carbocycles. The van der Waals surface area contributed by atoms with Crippen molar-refractivity contribution in [2.45, 2.75) is 26.4 Å². The van der Waals surface area contributed by atoms with E-state index in [1.54, 1.807) is 12.3 Å². The molecule has 0 amide bonds. The molecular weight excluding hydrogens is 364 g/mol. The van der Waals surface area contributed by atoms with E-state index >= 15 is 0 Å². The Hall–Kier alpha value is -2.83. The molecule has 0 bridgehead atoms. The number of carboxylic acid groups (broad SMARTS) is 1. The highest BCUT2D eigenvalue weighted by atomic mass is 35.5. The summed E-state index contributed by atoms with van der Waals surface area (Å²) in [6.07, 6.45) is 1.61. The van der Waals surface area contributed by atoms with E-state index < -0.39 is 12.0 Å². The Morgan fingerprint density at radius 1 is 1.30 bits per heavy atom. The lowest BCUT2D eigenvalue weighted by molar-refractivity contribution is -0.139. The third-order valence-electron chi connectivity index (χ3n) is 4.28. The van der Waals surface area contributed by atoms with E-state index in [0.29, 0.717) is 22.8 Å². The van der Waals surface area contributed by atoms with E-state index in [1.807, 2.05) is 55.3 Å². The second kappa shape index (κ2) is 7.82. The second-order valence-electron chi connectivity index (χ2n) is 5.95. The topological polar surface area (TPSA) is 91.5 Å². The van der Waals surface area contributed by atoms with Crippen molar-refractivity contribution in [3.8, 4) is 0 Å². The lowest BCUT2D eigenvalue weighted by Gasteiger charge is -2.20. The summed E-state index contributed by atoms with van der Waals surface area (Å²) in [6, 6.07) is 12.3. The van der Waals surface area contributed by atoms with Gasteiger partial charge in [-0.3, -0.25) is 9.78 Å². The van der Waals surface area contributed by atoms with E-state index in [4.69, 9.17) is 17.3 Å². The first-order valence-corrected chi connectivity index (χ1v) is 9.10. The maximum Gasteiger partial charge on any atom is 0.327 e. The summed E-state index contributed by atoms with van der Waals surface area (Å²) >= 11 is 6.02. The molecule has 2 heterocycles. The van der Waals surface area contributed by atoms with Crippen LogP contribution in [-0.4, -0.2) is 16.1 Å². The molecule has 7 heteroatoms. The SMILES string of the molecule is CC.Nc1cccc2c1C(C(=O)O)NN2Cc1ccc2ncc(Cl)cc2c1. The van der Waals surface area contributed by atoms with Crippen LogP contribution in [0.1, 0.15) is 31.0 Å². The van der Waals surface area contributed by atoms with E-state index in [-0.39, 0.29) is 0 Å². The van der Waals surface area contributed by atoms with Gasteiger partial charge in [0, 0.05) is 22.8 Å². The fourth-order valence-corrected chi connectivity index (χ4v) is 3.32. The van der Waals surface area contributed by atoms with Crippen molar-refractivity contribution in [3.63, 3.8) is 0 Å². The molecule has 0 fully saturated rings. The van der Waals surface area contributed by atoms with Crippen LogP contribution in [-0.2, 0) is 11.3 Å². The number of fused-ring (bicyclic) bond motifs is 2. The Balaban J connectivity index is 0.00000102. The van der Waals surface area contributed by atoms with E-state index in [1.165, 1.54) is 0 Å². The first kappa shape index (κ1) is 18.9. The molecule has 0 spiro atoms. The van der Waals surface area contributed by atoms with Gasteiger partial charge < -0.3 is 15.8 Å². The number of nitrogen functional groups attached to an aromatic ring is 1. The van der Waals surface area contributed by atoms with Gasteiger partial charge >= 0.3 is 5.97 Å². The number of carboxylic acids is 1. The average molecular weight is 385 g/mol. The van der Waals surface area contributed by atoms with Crippen LogP contribution in [0.15, 0.2) is 48.7 Å². The average Bonchev–Trinajstić information content (AvgIpc) is 3.03. The number of benzene rings is 2. The molecule has 4 N–H and O–H groups in total. The van der Waals surface area contributed by atoms with Crippen molar-refractivity contribution >= 4 is 39.8 Å². The largest absolute Gasteiger partial charge is 0.480 e. The molecule has 0 saturated carbocycles. The van der Waals surface area contributed by atoms with Crippen molar-refractivity contribution in [1.82, 2.24) is 10.4 Å². The summed E-state index contributed by atoms with van der Waals surface area (Å²) in [4.78, 5) is 15.8. The highest BCUT2D eigenvalue weighted by Crippen LogP contribution is 2.37. The third kappa shape index (κ3) is 3.67. The Morgan fingerprint density at radius 2 is 2.07 bits per heavy atom. The zero-order valence-corrected chi connectivity index (χ0v) is 15.9. The number of nitrogens with two attached hydrogens (primary N) is 1. The molecular formula is C20H21ClN4O2. The molecule has 0 aliphatic carbocycles. The van der Waals surface area contributed by atoms with Crippen LogP contribution in [0, 0.1) is 0 Å². The van der Waals surface area contributed by atoms with Crippen molar-refractivity contribution in [1.29, 1.82) is 0 Å². The molecule has 1 aliphatic heterocycles. The summed E-state index contributed by atoms with van der Waals surface area (Å²) in [7, 11) is 0. The predicted molar refractivity (Wildman–Crippen MR) is 109 cm³/mol. The standard InChI is InChI=1S/C18H15ClN4O2.C2H6/c19-12-7-11-6-10(4-5-14(11)21-8-12)9-23-15-3-1-2-13(20)16(15)17(22-23)18(24)25;1-2/h1-8,17,22H,9,20H2,(H,24,25);1-2H3. The maximum absolute atomic E-state index is 11.6. The van der Waals surface area contributed by atoms with Crippen LogP contribution < -0.4 is 16.2 Å². The quantitative estimate of drug-likeness (QED) is 0.587. The Bertz CT molecular complexity index is 993. The number of hydrazine groups is 1. The number of nitrogens with zero attached hydrogens (tertiary/aromatic N) is 2. The first-order valence-electron chi connectivity index (χ1n) is 8.72. The lowest BCUT2D eigenvalue weighted by atomic mass is 10.0. The molecule has 3 aromatic rings. The normalized spacial score (nSPS) is 15.2. The van der Waals surface area contributed by atoms with Gasteiger partial charge in [-0.1, -0.05) is 37.6 Å². The second-order valence-corrected chi connectivity index (χ2v) is 6.38. The van der Waals surface area contributed by atoms with Gasteiger partial charge in [0.2, 0.25) is 0 Å². The van der Waals surface area contributed by atoms with Crippen LogP contribution in [0.5, 0.6) is 0 Å². The molecule has 6 nitrogen and oxygen atoms in total. The van der Waals surface area contributed by atoms with Crippen molar-refractivity contribution < 1.29 is 9.90 Å². The minimum atomic E-state index is -0.962. The van der Waals surface area contributed by atoms with E-state index in [0.717, 1.165) is 22.2 Å². The minimum Gasteiger partial charge on any atom is -0.480 e. The van der Waals surface area contributed by atoms with Crippen LogP contribution >= 0.6 is 11.6 Å². The number of pyridine rings is 1. The number of hydrogen-bond acceptors (Lipinski definition) is 5. The lowest BCUT2D eigenvalue weighted by Crippen LogP contribution is -2.36. The molecule has 1 aliphatic rings. The monoisotopic (exact) mass is 384 g/mol. The number of nitrogens with one attached hydrogen (secondary N) is 1. The molecule has 0 saturated heterocycles. The number of aromatic nitrogens is 1.